The van der Waals surface area contributed by atoms with E-state index in [0.29, 0.717) is 11.1 Å². The van der Waals surface area contributed by atoms with Crippen LogP contribution in [0.5, 0.6) is 0 Å². The molecule has 0 saturated heterocycles. The Balaban J connectivity index is 1.24. The van der Waals surface area contributed by atoms with Crippen molar-refractivity contribution in [3.63, 3.8) is 0 Å². The second-order valence-corrected chi connectivity index (χ2v) is 14.0. The first kappa shape index (κ1) is 30.7. The van der Waals surface area contributed by atoms with Gasteiger partial charge in [-0.2, -0.15) is 10.5 Å². The number of nitriles is 2. The summed E-state index contributed by atoms with van der Waals surface area (Å²) >= 11 is 0. The highest BCUT2D eigenvalue weighted by atomic mass is 15.1. The molecule has 0 saturated carbocycles. The van der Waals surface area contributed by atoms with Crippen LogP contribution in [0.15, 0.2) is 176 Å². The van der Waals surface area contributed by atoms with Crippen molar-refractivity contribution >= 4 is 65.4 Å². The molecule has 0 aliphatic rings. The van der Waals surface area contributed by atoms with Gasteiger partial charge in [-0.05, 0) is 71.8 Å². The van der Waals surface area contributed by atoms with E-state index < -0.39 is 0 Å². The average molecular weight is 700 g/mol. The fraction of sp³-hybridized carbons (Fsp3) is 0. The number of hydrogen-bond donors (Lipinski definition) is 0. The number of para-hydroxylation sites is 5. The molecule has 0 atom stereocenters. The van der Waals surface area contributed by atoms with E-state index in [9.17, 15) is 10.5 Å². The van der Waals surface area contributed by atoms with Crippen molar-refractivity contribution in [1.29, 1.82) is 10.5 Å². The largest absolute Gasteiger partial charge is 0.309 e. The van der Waals surface area contributed by atoms with Crippen molar-refractivity contribution in [3.05, 3.63) is 187 Å². The van der Waals surface area contributed by atoms with Crippen LogP contribution in [0.2, 0.25) is 0 Å². The Hall–Kier alpha value is -7.86. The minimum Gasteiger partial charge on any atom is -0.309 e. The maximum atomic E-state index is 10.4. The summed E-state index contributed by atoms with van der Waals surface area (Å²) in [7, 11) is 0. The van der Waals surface area contributed by atoms with Gasteiger partial charge in [0.25, 0.3) is 0 Å². The van der Waals surface area contributed by atoms with Crippen molar-refractivity contribution in [2.45, 2.75) is 0 Å². The molecule has 0 bridgehead atoms. The van der Waals surface area contributed by atoms with E-state index in [4.69, 9.17) is 0 Å². The lowest BCUT2D eigenvalue weighted by atomic mass is 9.98. The molecule has 55 heavy (non-hydrogen) atoms. The van der Waals surface area contributed by atoms with Gasteiger partial charge in [-0.15, -0.1) is 0 Å². The van der Waals surface area contributed by atoms with Gasteiger partial charge >= 0.3 is 0 Å². The molecule has 254 valence electrons. The molecule has 3 heterocycles. The Kier molecular flexibility index (Phi) is 6.61. The molecule has 0 spiro atoms. The third-order valence-electron chi connectivity index (χ3n) is 11.1. The molecule has 5 nitrogen and oxygen atoms in total. The normalized spacial score (nSPS) is 11.6. The molecular formula is C50H29N5. The van der Waals surface area contributed by atoms with Crippen LogP contribution in [0, 0.1) is 22.7 Å². The first-order valence-corrected chi connectivity index (χ1v) is 18.3. The number of aromatic nitrogens is 3. The summed E-state index contributed by atoms with van der Waals surface area (Å²) in [5.74, 6) is 0. The molecule has 0 amide bonds. The Bertz CT molecular complexity index is 3400. The Labute approximate surface area is 316 Å². The van der Waals surface area contributed by atoms with Gasteiger partial charge < -0.3 is 13.7 Å². The molecule has 0 radical (unpaired) electrons. The summed E-state index contributed by atoms with van der Waals surface area (Å²) in [6.45, 7) is 0. The zero-order valence-corrected chi connectivity index (χ0v) is 29.5. The lowest BCUT2D eigenvalue weighted by molar-refractivity contribution is 1.09. The number of hydrogen-bond acceptors (Lipinski definition) is 2. The summed E-state index contributed by atoms with van der Waals surface area (Å²) in [5.41, 5.74) is 12.1. The monoisotopic (exact) mass is 699 g/mol. The Morgan fingerprint density at radius 2 is 0.800 bits per heavy atom. The molecule has 0 N–H and O–H groups in total. The van der Waals surface area contributed by atoms with E-state index in [-0.39, 0.29) is 0 Å². The molecule has 8 aromatic carbocycles. The van der Waals surface area contributed by atoms with Crippen LogP contribution in [-0.4, -0.2) is 13.7 Å². The second-order valence-electron chi connectivity index (χ2n) is 14.0. The molecule has 0 aliphatic heterocycles. The van der Waals surface area contributed by atoms with Gasteiger partial charge in [0.1, 0.15) is 12.1 Å². The van der Waals surface area contributed by atoms with Crippen molar-refractivity contribution in [2.75, 3.05) is 0 Å². The average Bonchev–Trinajstić information content (AvgIpc) is 3.89. The lowest BCUT2D eigenvalue weighted by Gasteiger charge is -2.18. The van der Waals surface area contributed by atoms with Gasteiger partial charge in [0, 0.05) is 38.0 Å². The lowest BCUT2D eigenvalue weighted by Crippen LogP contribution is -2.05. The van der Waals surface area contributed by atoms with Crippen LogP contribution >= 0.6 is 0 Å². The minimum absolute atomic E-state index is 0.336. The van der Waals surface area contributed by atoms with Crippen molar-refractivity contribution in [2.24, 2.45) is 0 Å². The maximum Gasteiger partial charge on any atom is 0.101 e. The molecule has 11 aromatic rings. The molecule has 0 unspecified atom stereocenters. The van der Waals surface area contributed by atoms with E-state index in [2.05, 4.69) is 177 Å². The zero-order chi connectivity index (χ0) is 36.6. The summed E-state index contributed by atoms with van der Waals surface area (Å²) in [4.78, 5) is 0. The zero-order valence-electron chi connectivity index (χ0n) is 29.5. The number of benzene rings is 8. The van der Waals surface area contributed by atoms with Gasteiger partial charge in [-0.3, -0.25) is 0 Å². The first-order valence-electron chi connectivity index (χ1n) is 18.3. The SMILES string of the molecule is N#Cc1cc(-n2c3ccccc3c3ccccc32)c(-n2c3ccccc3c3c(-c4ccc5c6ccccc6n(-c6ccccc6)c5c4)cccc32)cc1C#N. The maximum absolute atomic E-state index is 10.4. The fourth-order valence-corrected chi connectivity index (χ4v) is 8.81. The third kappa shape index (κ3) is 4.39. The molecule has 3 aromatic heterocycles. The number of nitrogens with zero attached hydrogens (tertiary/aromatic N) is 5. The topological polar surface area (TPSA) is 62.4 Å². The van der Waals surface area contributed by atoms with Gasteiger partial charge in [-0.1, -0.05) is 115 Å². The Morgan fingerprint density at radius 3 is 1.38 bits per heavy atom. The van der Waals surface area contributed by atoms with E-state index in [1.165, 1.54) is 16.3 Å². The highest BCUT2D eigenvalue weighted by Gasteiger charge is 2.23. The molecular weight excluding hydrogens is 671 g/mol. The van der Waals surface area contributed by atoms with Gasteiger partial charge in [-0.25, -0.2) is 0 Å². The quantitative estimate of drug-likeness (QED) is 0.184. The highest BCUT2D eigenvalue weighted by molar-refractivity contribution is 6.17. The molecule has 0 aliphatic carbocycles. The molecule has 0 fully saturated rings. The van der Waals surface area contributed by atoms with Crippen LogP contribution in [0.25, 0.3) is 93.6 Å². The summed E-state index contributed by atoms with van der Waals surface area (Å²) in [5, 5.41) is 27.6. The smallest absolute Gasteiger partial charge is 0.101 e. The van der Waals surface area contributed by atoms with Crippen LogP contribution in [0.3, 0.4) is 0 Å². The molecule has 11 rings (SSSR count). The number of rotatable bonds is 4. The van der Waals surface area contributed by atoms with Crippen LogP contribution < -0.4 is 0 Å². The molecule has 5 heteroatoms. The van der Waals surface area contributed by atoms with Crippen LogP contribution in [0.4, 0.5) is 0 Å². The second kappa shape index (κ2) is 11.8. The van der Waals surface area contributed by atoms with E-state index in [1.807, 2.05) is 24.3 Å². The minimum atomic E-state index is 0.336. The predicted octanol–water partition coefficient (Wildman–Crippen LogP) is 12.4. The van der Waals surface area contributed by atoms with E-state index in [1.54, 1.807) is 0 Å². The highest BCUT2D eigenvalue weighted by Crippen LogP contribution is 2.43. The predicted molar refractivity (Wildman–Crippen MR) is 224 cm³/mol. The van der Waals surface area contributed by atoms with E-state index in [0.717, 1.165) is 77.3 Å². The van der Waals surface area contributed by atoms with E-state index >= 15 is 0 Å². The standard InChI is InChI=1S/C50H29N5/c51-30-33-28-48(54-43-21-9-5-15-37(43)38-16-6-10-22-44(38)54)49(29-34(33)31-52)55-45-23-11-7-18-41(45)50-36(19-12-24-46(50)55)32-25-26-40-39-17-4-8-20-42(39)53(47(40)27-32)35-13-2-1-3-14-35/h1-29H. The van der Waals surface area contributed by atoms with Gasteiger partial charge in [0.2, 0.25) is 0 Å². The first-order chi connectivity index (χ1) is 27.2. The van der Waals surface area contributed by atoms with Gasteiger partial charge in [0.15, 0.2) is 0 Å². The summed E-state index contributed by atoms with van der Waals surface area (Å²) < 4.78 is 6.87. The van der Waals surface area contributed by atoms with Crippen LogP contribution in [0.1, 0.15) is 11.1 Å². The summed E-state index contributed by atoms with van der Waals surface area (Å²) in [6, 6.07) is 66.1. The third-order valence-corrected chi connectivity index (χ3v) is 11.1. The fourth-order valence-electron chi connectivity index (χ4n) is 8.81. The van der Waals surface area contributed by atoms with Crippen molar-refractivity contribution in [3.8, 4) is 40.3 Å². The summed E-state index contributed by atoms with van der Waals surface area (Å²) in [6.07, 6.45) is 0. The van der Waals surface area contributed by atoms with Crippen molar-refractivity contribution in [1.82, 2.24) is 13.7 Å². The number of fused-ring (bicyclic) bond motifs is 9. The van der Waals surface area contributed by atoms with Crippen molar-refractivity contribution < 1.29 is 0 Å². The Morgan fingerprint density at radius 1 is 0.345 bits per heavy atom. The van der Waals surface area contributed by atoms with Crippen LogP contribution in [-0.2, 0) is 0 Å². The van der Waals surface area contributed by atoms with Gasteiger partial charge in [0.05, 0.1) is 55.6 Å².